The zero-order valence-electron chi connectivity index (χ0n) is 19.7. The van der Waals surface area contributed by atoms with E-state index in [9.17, 15) is 19.5 Å². The van der Waals surface area contributed by atoms with Gasteiger partial charge in [0.2, 0.25) is 12.7 Å². The first-order valence-corrected chi connectivity index (χ1v) is 12.3. The number of ether oxygens (including phenoxy) is 2. The van der Waals surface area contributed by atoms with Gasteiger partial charge in [-0.15, -0.1) is 11.8 Å². The second-order valence-electron chi connectivity index (χ2n) is 8.31. The summed E-state index contributed by atoms with van der Waals surface area (Å²) in [5, 5.41) is 16.0. The van der Waals surface area contributed by atoms with Gasteiger partial charge in [-0.25, -0.2) is 4.79 Å². The molecule has 0 fully saturated rings. The molecule has 0 spiro atoms. The molecular formula is C28H22N2O6S. The molecule has 37 heavy (non-hydrogen) atoms. The molecule has 4 aromatic rings. The zero-order valence-corrected chi connectivity index (χ0v) is 20.5. The van der Waals surface area contributed by atoms with Crippen molar-refractivity contribution in [2.45, 2.75) is 17.1 Å². The number of carboxylic acid groups (broad SMARTS) is 1. The van der Waals surface area contributed by atoms with Gasteiger partial charge in [0, 0.05) is 33.3 Å². The molecule has 0 radical (unpaired) electrons. The zero-order chi connectivity index (χ0) is 25.9. The fourth-order valence-corrected chi connectivity index (χ4v) is 4.87. The number of benzene rings is 4. The molecule has 0 aromatic heterocycles. The lowest BCUT2D eigenvalue weighted by Gasteiger charge is -2.13. The third-order valence-corrected chi connectivity index (χ3v) is 6.93. The number of carboxylic acids is 1. The van der Waals surface area contributed by atoms with Crippen LogP contribution in [0.15, 0.2) is 83.8 Å². The average Bonchev–Trinajstić information content (AvgIpc) is 3.37. The van der Waals surface area contributed by atoms with E-state index in [2.05, 4.69) is 10.6 Å². The molecular weight excluding hydrogens is 492 g/mol. The van der Waals surface area contributed by atoms with Crippen LogP contribution in [0.4, 0.5) is 11.4 Å². The van der Waals surface area contributed by atoms with Crippen LogP contribution in [-0.4, -0.2) is 34.9 Å². The van der Waals surface area contributed by atoms with E-state index in [1.165, 1.54) is 17.8 Å². The van der Waals surface area contributed by atoms with E-state index in [0.717, 1.165) is 4.90 Å². The molecule has 1 aliphatic heterocycles. The molecule has 4 aromatic carbocycles. The number of rotatable bonds is 7. The number of carbonyl (C=O) groups is 3. The van der Waals surface area contributed by atoms with Crippen molar-refractivity contribution in [3.05, 3.63) is 90.0 Å². The van der Waals surface area contributed by atoms with Gasteiger partial charge >= 0.3 is 5.97 Å². The molecule has 0 aliphatic carbocycles. The van der Waals surface area contributed by atoms with Crippen LogP contribution in [0.5, 0.6) is 11.5 Å². The number of aromatic carboxylic acids is 1. The van der Waals surface area contributed by atoms with Gasteiger partial charge in [0.15, 0.2) is 11.5 Å². The monoisotopic (exact) mass is 514 g/mol. The Morgan fingerprint density at radius 2 is 1.51 bits per heavy atom. The lowest BCUT2D eigenvalue weighted by molar-refractivity contribution is -0.115. The van der Waals surface area contributed by atoms with Gasteiger partial charge in [0.25, 0.3) is 5.91 Å². The number of nitrogens with one attached hydrogen (secondary N) is 2. The van der Waals surface area contributed by atoms with Gasteiger partial charge in [0.05, 0.1) is 10.8 Å². The minimum atomic E-state index is -1.09. The number of fused-ring (bicyclic) bond motifs is 2. The van der Waals surface area contributed by atoms with E-state index in [0.29, 0.717) is 33.6 Å². The van der Waals surface area contributed by atoms with Crippen LogP contribution < -0.4 is 20.1 Å². The summed E-state index contributed by atoms with van der Waals surface area (Å²) >= 11 is 1.38. The summed E-state index contributed by atoms with van der Waals surface area (Å²) in [6, 6.07) is 22.4. The molecule has 8 nitrogen and oxygen atoms in total. The van der Waals surface area contributed by atoms with E-state index in [1.807, 2.05) is 19.1 Å². The van der Waals surface area contributed by atoms with Crippen LogP contribution in [0.25, 0.3) is 10.8 Å². The lowest BCUT2D eigenvalue weighted by atomic mass is 9.98. The molecule has 0 saturated carbocycles. The Morgan fingerprint density at radius 3 is 2.24 bits per heavy atom. The van der Waals surface area contributed by atoms with Crippen molar-refractivity contribution in [2.75, 3.05) is 17.4 Å². The molecule has 1 unspecified atom stereocenters. The number of hydrogen-bond donors (Lipinski definition) is 3. The number of thioether (sulfide) groups is 1. The first-order chi connectivity index (χ1) is 17.9. The Balaban J connectivity index is 1.24. The lowest BCUT2D eigenvalue weighted by Crippen LogP contribution is -2.22. The molecule has 0 bridgehead atoms. The minimum Gasteiger partial charge on any atom is -0.478 e. The Labute approximate surface area is 216 Å². The highest BCUT2D eigenvalue weighted by Gasteiger charge is 2.19. The first-order valence-electron chi connectivity index (χ1n) is 11.4. The first kappa shape index (κ1) is 24.2. The summed E-state index contributed by atoms with van der Waals surface area (Å²) in [6.07, 6.45) is 0. The molecule has 3 N–H and O–H groups in total. The number of anilines is 2. The Morgan fingerprint density at radius 1 is 0.838 bits per heavy atom. The normalized spacial score (nSPS) is 12.7. The van der Waals surface area contributed by atoms with Gasteiger partial charge in [-0.2, -0.15) is 0 Å². The molecule has 9 heteroatoms. The van der Waals surface area contributed by atoms with Gasteiger partial charge in [-0.3, -0.25) is 9.59 Å². The topological polar surface area (TPSA) is 114 Å². The third kappa shape index (κ3) is 5.22. The van der Waals surface area contributed by atoms with E-state index in [1.54, 1.807) is 60.7 Å². The van der Waals surface area contributed by atoms with Crippen LogP contribution in [0, 0.1) is 0 Å². The second-order valence-corrected chi connectivity index (χ2v) is 9.72. The predicted molar refractivity (Wildman–Crippen MR) is 142 cm³/mol. The fraction of sp³-hybridized carbons (Fsp3) is 0.107. The fourth-order valence-electron chi connectivity index (χ4n) is 4.00. The predicted octanol–water partition coefficient (Wildman–Crippen LogP) is 5.64. The van der Waals surface area contributed by atoms with Crippen molar-refractivity contribution >= 4 is 51.7 Å². The summed E-state index contributed by atoms with van der Waals surface area (Å²) in [7, 11) is 0. The largest absolute Gasteiger partial charge is 0.478 e. The van der Waals surface area contributed by atoms with Crippen LogP contribution in [0.2, 0.25) is 0 Å². The smallest absolute Gasteiger partial charge is 0.336 e. The number of hydrogen-bond acceptors (Lipinski definition) is 6. The third-order valence-electron chi connectivity index (χ3n) is 5.81. The Hall–Kier alpha value is -4.50. The van der Waals surface area contributed by atoms with E-state index in [-0.39, 0.29) is 29.1 Å². The molecule has 0 saturated heterocycles. The second kappa shape index (κ2) is 10.2. The molecule has 5 rings (SSSR count). The average molecular weight is 515 g/mol. The molecule has 2 amide bonds. The summed E-state index contributed by atoms with van der Waals surface area (Å²) in [5.41, 5.74) is 1.53. The molecule has 1 atom stereocenters. The SMILES string of the molecule is CC(Sc1ccc(NC(=O)c2cccc3cccc(C(=O)O)c23)cc1)C(=O)Nc1ccc2c(c1)OCO2. The van der Waals surface area contributed by atoms with Crippen molar-refractivity contribution in [3.8, 4) is 11.5 Å². The van der Waals surface area contributed by atoms with Gasteiger partial charge in [-0.05, 0) is 60.8 Å². The molecule has 1 heterocycles. The number of amides is 2. The quantitative estimate of drug-likeness (QED) is 0.274. The minimum absolute atomic E-state index is 0.0722. The Kier molecular flexibility index (Phi) is 6.70. The summed E-state index contributed by atoms with van der Waals surface area (Å²) in [4.78, 5) is 38.2. The van der Waals surface area contributed by atoms with Gasteiger partial charge in [-0.1, -0.05) is 24.3 Å². The highest BCUT2D eigenvalue weighted by molar-refractivity contribution is 8.00. The molecule has 186 valence electrons. The summed E-state index contributed by atoms with van der Waals surface area (Å²) in [5.74, 6) is -0.416. The van der Waals surface area contributed by atoms with Gasteiger partial charge < -0.3 is 25.2 Å². The maximum Gasteiger partial charge on any atom is 0.336 e. The standard InChI is InChI=1S/C28H22N2O6S/c1-16(26(31)30-19-10-13-23-24(14-19)36-15-35-23)37-20-11-8-18(9-12-20)29-27(32)21-6-2-4-17-5-3-7-22(25(17)21)28(33)34/h2-14,16H,15H2,1H3,(H,29,32)(H,30,31)(H,33,34). The van der Waals surface area contributed by atoms with Crippen LogP contribution in [0.3, 0.4) is 0 Å². The maximum atomic E-state index is 13.0. The molecule has 1 aliphatic rings. The van der Waals surface area contributed by atoms with Crippen molar-refractivity contribution in [3.63, 3.8) is 0 Å². The summed E-state index contributed by atoms with van der Waals surface area (Å²) < 4.78 is 10.6. The maximum absolute atomic E-state index is 13.0. The van der Waals surface area contributed by atoms with Crippen LogP contribution in [0.1, 0.15) is 27.6 Å². The van der Waals surface area contributed by atoms with Crippen LogP contribution >= 0.6 is 11.8 Å². The van der Waals surface area contributed by atoms with Gasteiger partial charge in [0.1, 0.15) is 0 Å². The van der Waals surface area contributed by atoms with Crippen molar-refractivity contribution in [2.24, 2.45) is 0 Å². The van der Waals surface area contributed by atoms with E-state index in [4.69, 9.17) is 9.47 Å². The van der Waals surface area contributed by atoms with Crippen molar-refractivity contribution in [1.82, 2.24) is 0 Å². The van der Waals surface area contributed by atoms with Crippen molar-refractivity contribution < 1.29 is 29.0 Å². The van der Waals surface area contributed by atoms with Crippen molar-refractivity contribution in [1.29, 1.82) is 0 Å². The Bertz CT molecular complexity index is 1510. The summed E-state index contributed by atoms with van der Waals surface area (Å²) in [6.45, 7) is 1.98. The number of carbonyl (C=O) groups excluding carboxylic acids is 2. The van der Waals surface area contributed by atoms with Crippen LogP contribution in [-0.2, 0) is 4.79 Å². The highest BCUT2D eigenvalue weighted by Crippen LogP contribution is 2.34. The van der Waals surface area contributed by atoms with E-state index >= 15 is 0 Å². The van der Waals surface area contributed by atoms with E-state index < -0.39 is 11.9 Å². The highest BCUT2D eigenvalue weighted by atomic mass is 32.2.